The number of alkyl halides is 3. The lowest BCUT2D eigenvalue weighted by Crippen LogP contribution is -2.26. The van der Waals surface area contributed by atoms with Crippen molar-refractivity contribution in [1.29, 1.82) is 0 Å². The smallest absolute Gasteiger partial charge is 0.418 e. The molecule has 7 heteroatoms. The molecular weight excluding hydrogens is 299 g/mol. The van der Waals surface area contributed by atoms with Crippen LogP contribution in [0.3, 0.4) is 0 Å². The summed E-state index contributed by atoms with van der Waals surface area (Å²) in [5, 5.41) is 8.82. The summed E-state index contributed by atoms with van der Waals surface area (Å²) < 4.78 is 39.3. The van der Waals surface area contributed by atoms with Crippen molar-refractivity contribution in [2.45, 2.75) is 32.4 Å². The number of carboxylic acid groups (broad SMARTS) is 1. The van der Waals surface area contributed by atoms with Gasteiger partial charge in [-0.05, 0) is 31.0 Å². The van der Waals surface area contributed by atoms with Gasteiger partial charge in [-0.2, -0.15) is 13.2 Å². The molecule has 1 aliphatic rings. The molecule has 0 aromatic heterocycles. The lowest BCUT2D eigenvalue weighted by Gasteiger charge is -2.20. The quantitative estimate of drug-likeness (QED) is 0.901. The molecule has 0 heterocycles. The molecule has 1 unspecified atom stereocenters. The first-order valence-electron chi connectivity index (χ1n) is 6.75. The Bertz CT molecular complexity index is 650. The molecule has 1 N–H and O–H groups in total. The first kappa shape index (κ1) is 16.2. The molecule has 1 atom stereocenters. The van der Waals surface area contributed by atoms with E-state index in [1.165, 1.54) is 0 Å². The van der Waals surface area contributed by atoms with Gasteiger partial charge >= 0.3 is 12.1 Å². The van der Waals surface area contributed by atoms with E-state index in [2.05, 4.69) is 4.99 Å². The van der Waals surface area contributed by atoms with Gasteiger partial charge in [-0.1, -0.05) is 6.92 Å². The van der Waals surface area contributed by atoms with Crippen molar-refractivity contribution >= 4 is 23.2 Å². The van der Waals surface area contributed by atoms with Crippen LogP contribution in [0.25, 0.3) is 0 Å². The van der Waals surface area contributed by atoms with E-state index in [0.29, 0.717) is 31.0 Å². The molecule has 0 aliphatic heterocycles. The van der Waals surface area contributed by atoms with Crippen molar-refractivity contribution in [3.63, 3.8) is 0 Å². The minimum absolute atomic E-state index is 0.0410. The first-order valence-corrected chi connectivity index (χ1v) is 6.75. The Morgan fingerprint density at radius 1 is 1.32 bits per heavy atom. The zero-order valence-corrected chi connectivity index (χ0v) is 11.8. The van der Waals surface area contributed by atoms with Gasteiger partial charge < -0.3 is 5.11 Å². The van der Waals surface area contributed by atoms with Gasteiger partial charge in [0, 0.05) is 12.1 Å². The number of aromatic carboxylic acids is 1. The van der Waals surface area contributed by atoms with Gasteiger partial charge in [0.05, 0.1) is 22.7 Å². The van der Waals surface area contributed by atoms with Crippen molar-refractivity contribution in [3.8, 4) is 0 Å². The van der Waals surface area contributed by atoms with E-state index in [1.54, 1.807) is 6.92 Å². The Labute approximate surface area is 124 Å². The first-order chi connectivity index (χ1) is 10.2. The molecule has 0 radical (unpaired) electrons. The van der Waals surface area contributed by atoms with Crippen LogP contribution in [0.5, 0.6) is 0 Å². The van der Waals surface area contributed by atoms with Crippen LogP contribution < -0.4 is 0 Å². The van der Waals surface area contributed by atoms with E-state index in [4.69, 9.17) is 5.11 Å². The van der Waals surface area contributed by atoms with E-state index >= 15 is 0 Å². The highest BCUT2D eigenvalue weighted by Gasteiger charge is 2.35. The van der Waals surface area contributed by atoms with Crippen LogP contribution >= 0.6 is 0 Å². The molecular formula is C15H14F3NO3. The lowest BCUT2D eigenvalue weighted by molar-refractivity contribution is -0.137. The van der Waals surface area contributed by atoms with E-state index in [9.17, 15) is 22.8 Å². The summed E-state index contributed by atoms with van der Waals surface area (Å²) in [7, 11) is 0. The van der Waals surface area contributed by atoms with Crippen molar-refractivity contribution in [3.05, 3.63) is 29.3 Å². The van der Waals surface area contributed by atoms with Gasteiger partial charge in [0.1, 0.15) is 5.78 Å². The van der Waals surface area contributed by atoms with E-state index in [0.717, 1.165) is 12.1 Å². The van der Waals surface area contributed by atoms with Gasteiger partial charge in [0.25, 0.3) is 0 Å². The monoisotopic (exact) mass is 313 g/mol. The normalized spacial score (nSPS) is 21.2. The van der Waals surface area contributed by atoms with E-state index in [1.807, 2.05) is 0 Å². The number of halogens is 3. The maximum Gasteiger partial charge on any atom is 0.418 e. The molecule has 1 aromatic carbocycles. The predicted molar refractivity (Wildman–Crippen MR) is 73.5 cm³/mol. The number of hydrogen-bond donors (Lipinski definition) is 1. The third-order valence-corrected chi connectivity index (χ3v) is 3.65. The van der Waals surface area contributed by atoms with Crippen molar-refractivity contribution < 1.29 is 27.9 Å². The molecule has 1 aromatic rings. The number of benzene rings is 1. The topological polar surface area (TPSA) is 66.7 Å². The number of carbonyl (C=O) groups is 2. The number of hydrogen-bond acceptors (Lipinski definition) is 3. The van der Waals surface area contributed by atoms with Crippen LogP contribution in [0.2, 0.25) is 0 Å². The number of carboxylic acids is 1. The fourth-order valence-electron chi connectivity index (χ4n) is 2.36. The summed E-state index contributed by atoms with van der Waals surface area (Å²) in [5.74, 6) is -1.99. The number of nitrogens with zero attached hydrogens (tertiary/aromatic N) is 1. The maximum atomic E-state index is 13.1. The second-order valence-corrected chi connectivity index (χ2v) is 5.18. The lowest BCUT2D eigenvalue weighted by atomic mass is 9.87. The van der Waals surface area contributed by atoms with Gasteiger partial charge in [-0.15, -0.1) is 0 Å². The molecule has 2 rings (SSSR count). The van der Waals surface area contributed by atoms with Crippen molar-refractivity contribution in [2.24, 2.45) is 10.9 Å². The predicted octanol–water partition coefficient (Wildman–Crippen LogP) is 3.87. The molecule has 1 aliphatic carbocycles. The Kier molecular flexibility index (Phi) is 4.35. The van der Waals surface area contributed by atoms with Crippen LogP contribution in [0.4, 0.5) is 18.9 Å². The van der Waals surface area contributed by atoms with Crippen molar-refractivity contribution in [2.75, 3.05) is 0 Å². The number of rotatable bonds is 2. The Balaban J connectivity index is 2.50. The number of ketones is 1. The molecule has 0 saturated heterocycles. The average Bonchev–Trinajstić information content (AvgIpc) is 2.43. The minimum Gasteiger partial charge on any atom is -0.478 e. The van der Waals surface area contributed by atoms with Crippen LogP contribution in [-0.2, 0) is 11.0 Å². The maximum absolute atomic E-state index is 13.1. The van der Waals surface area contributed by atoms with E-state index < -0.39 is 29.2 Å². The number of Topliss-reactive ketones (excluding diaryl/α,β-unsaturated/α-hetero) is 1. The molecule has 1 fully saturated rings. The molecule has 4 nitrogen and oxygen atoms in total. The molecule has 22 heavy (non-hydrogen) atoms. The summed E-state index contributed by atoms with van der Waals surface area (Å²) >= 11 is 0. The SMILES string of the molecule is CC1C(=O)CCCC1=Nc1ccc(C(=O)O)cc1C(F)(F)F. The highest BCUT2D eigenvalue weighted by Crippen LogP contribution is 2.38. The molecule has 0 spiro atoms. The summed E-state index contributed by atoms with van der Waals surface area (Å²) in [6.45, 7) is 1.62. The van der Waals surface area contributed by atoms with Gasteiger partial charge in [0.2, 0.25) is 0 Å². The fourth-order valence-corrected chi connectivity index (χ4v) is 2.36. The van der Waals surface area contributed by atoms with E-state index in [-0.39, 0.29) is 11.5 Å². The summed E-state index contributed by atoms with van der Waals surface area (Å²) in [6, 6.07) is 2.68. The highest BCUT2D eigenvalue weighted by atomic mass is 19.4. The standard InChI is InChI=1S/C15H14F3NO3/c1-8-11(3-2-4-13(8)20)19-12-6-5-9(14(21)22)7-10(12)15(16,17)18/h5-8H,2-4H2,1H3,(H,21,22). The summed E-state index contributed by atoms with van der Waals surface area (Å²) in [5.41, 5.74) is -1.51. The fraction of sp³-hybridized carbons (Fsp3) is 0.400. The van der Waals surface area contributed by atoms with Gasteiger partial charge in [-0.3, -0.25) is 9.79 Å². The number of aliphatic imine (C=N–C) groups is 1. The number of carbonyl (C=O) groups excluding carboxylic acids is 1. The third-order valence-electron chi connectivity index (χ3n) is 3.65. The zero-order valence-electron chi connectivity index (χ0n) is 11.8. The Hall–Kier alpha value is -2.18. The van der Waals surface area contributed by atoms with Crippen LogP contribution in [0.1, 0.15) is 42.1 Å². The minimum atomic E-state index is -4.72. The van der Waals surface area contributed by atoms with Gasteiger partial charge in [-0.25, -0.2) is 4.79 Å². The summed E-state index contributed by atoms with van der Waals surface area (Å²) in [4.78, 5) is 26.5. The third kappa shape index (κ3) is 3.35. The van der Waals surface area contributed by atoms with Gasteiger partial charge in [0.15, 0.2) is 0 Å². The molecule has 1 saturated carbocycles. The molecule has 0 bridgehead atoms. The second-order valence-electron chi connectivity index (χ2n) is 5.18. The van der Waals surface area contributed by atoms with Crippen molar-refractivity contribution in [1.82, 2.24) is 0 Å². The Morgan fingerprint density at radius 2 is 2.00 bits per heavy atom. The average molecular weight is 313 g/mol. The van der Waals surface area contributed by atoms with Crippen LogP contribution in [0.15, 0.2) is 23.2 Å². The molecule has 118 valence electrons. The van der Waals surface area contributed by atoms with Crippen LogP contribution in [0, 0.1) is 5.92 Å². The second kappa shape index (κ2) is 5.90. The van der Waals surface area contributed by atoms with Crippen LogP contribution in [-0.4, -0.2) is 22.6 Å². The summed E-state index contributed by atoms with van der Waals surface area (Å²) in [6.07, 6.45) is -3.28. The largest absolute Gasteiger partial charge is 0.478 e. The highest BCUT2D eigenvalue weighted by molar-refractivity contribution is 6.07. The molecule has 0 amide bonds. The Morgan fingerprint density at radius 3 is 2.59 bits per heavy atom. The zero-order chi connectivity index (χ0) is 16.5.